The molecule has 1 aliphatic rings. The van der Waals surface area contributed by atoms with E-state index in [-0.39, 0.29) is 18.4 Å². The van der Waals surface area contributed by atoms with Crippen molar-refractivity contribution in [2.75, 3.05) is 5.32 Å². The summed E-state index contributed by atoms with van der Waals surface area (Å²) in [4.78, 5) is 26.0. The molecule has 1 heterocycles. The number of benzene rings is 2. The molecule has 2 aromatic carbocycles. The van der Waals surface area contributed by atoms with Crippen molar-refractivity contribution in [3.05, 3.63) is 65.2 Å². The van der Waals surface area contributed by atoms with Gasteiger partial charge in [0.1, 0.15) is 4.32 Å². The van der Waals surface area contributed by atoms with Crippen molar-refractivity contribution < 1.29 is 9.59 Å². The summed E-state index contributed by atoms with van der Waals surface area (Å²) in [6, 6.07) is 14.2. The number of hydrogen-bond donors (Lipinski definition) is 2. The summed E-state index contributed by atoms with van der Waals surface area (Å²) in [6.45, 7) is 0.186. The predicted molar refractivity (Wildman–Crippen MR) is 92.3 cm³/mol. The van der Waals surface area contributed by atoms with Crippen molar-refractivity contribution in [3.63, 3.8) is 0 Å². The Kier molecular flexibility index (Phi) is 3.96. The van der Waals surface area contributed by atoms with Crippen LogP contribution >= 0.6 is 24.8 Å². The van der Waals surface area contributed by atoms with Crippen LogP contribution in [0.25, 0.3) is 0 Å². The minimum absolute atomic E-state index is 0.186. The number of para-hydroxylation sites is 1. The number of thiol groups is 1. The fraction of sp³-hybridized carbons (Fsp3) is 0.0625. The van der Waals surface area contributed by atoms with Crippen LogP contribution in [0.4, 0.5) is 5.69 Å². The fourth-order valence-electron chi connectivity index (χ4n) is 2.45. The second-order valence-electron chi connectivity index (χ2n) is 4.83. The number of imide groups is 1. The van der Waals surface area contributed by atoms with Gasteiger partial charge in [-0.3, -0.25) is 14.5 Å². The van der Waals surface area contributed by atoms with Gasteiger partial charge < -0.3 is 5.32 Å². The van der Waals surface area contributed by atoms with E-state index >= 15 is 0 Å². The Morgan fingerprint density at radius 2 is 1.55 bits per heavy atom. The number of carbonyl (C=O) groups is 2. The maximum absolute atomic E-state index is 12.4. The van der Waals surface area contributed by atoms with Gasteiger partial charge in [0.05, 0.1) is 17.7 Å². The Morgan fingerprint density at radius 1 is 1.00 bits per heavy atom. The van der Waals surface area contributed by atoms with E-state index in [0.29, 0.717) is 15.4 Å². The van der Waals surface area contributed by atoms with Crippen LogP contribution in [0.15, 0.2) is 48.5 Å². The van der Waals surface area contributed by atoms with Gasteiger partial charge in [0.25, 0.3) is 11.8 Å². The minimum atomic E-state index is -0.274. The third-order valence-corrected chi connectivity index (χ3v) is 3.68. The van der Waals surface area contributed by atoms with E-state index in [1.165, 1.54) is 4.90 Å². The first-order valence-electron chi connectivity index (χ1n) is 6.61. The summed E-state index contributed by atoms with van der Waals surface area (Å²) in [6.07, 6.45) is 0. The topological polar surface area (TPSA) is 49.4 Å². The summed E-state index contributed by atoms with van der Waals surface area (Å²) in [7, 11) is 0. The first kappa shape index (κ1) is 14.7. The second-order valence-corrected chi connectivity index (χ2v) is 5.99. The SMILES string of the molecule is O=C1c2ccccc2C(=O)N1Cc1ccccc1NC(=S)S. The molecule has 0 aromatic heterocycles. The van der Waals surface area contributed by atoms with Gasteiger partial charge in [0.15, 0.2) is 0 Å². The maximum atomic E-state index is 12.4. The molecule has 0 unspecified atom stereocenters. The summed E-state index contributed by atoms with van der Waals surface area (Å²) in [5.74, 6) is -0.548. The second kappa shape index (κ2) is 5.90. The van der Waals surface area contributed by atoms with Gasteiger partial charge in [-0.25, -0.2) is 0 Å². The molecule has 0 spiro atoms. The van der Waals surface area contributed by atoms with Crippen molar-refractivity contribution >= 4 is 46.7 Å². The molecule has 4 nitrogen and oxygen atoms in total. The van der Waals surface area contributed by atoms with E-state index < -0.39 is 0 Å². The molecule has 2 aromatic rings. The fourth-order valence-corrected chi connectivity index (χ4v) is 2.68. The van der Waals surface area contributed by atoms with Crippen LogP contribution in [0.1, 0.15) is 26.3 Å². The smallest absolute Gasteiger partial charge is 0.261 e. The van der Waals surface area contributed by atoms with Gasteiger partial charge in [0, 0.05) is 5.69 Å². The Morgan fingerprint density at radius 3 is 2.14 bits per heavy atom. The van der Waals surface area contributed by atoms with Crippen LogP contribution in [0.5, 0.6) is 0 Å². The zero-order valence-electron chi connectivity index (χ0n) is 11.4. The molecule has 0 atom stereocenters. The van der Waals surface area contributed by atoms with Gasteiger partial charge >= 0.3 is 0 Å². The summed E-state index contributed by atoms with van der Waals surface area (Å²) >= 11 is 8.98. The number of amides is 2. The molecule has 22 heavy (non-hydrogen) atoms. The standard InChI is InChI=1S/C16H12N2O2S2/c19-14-11-6-2-3-7-12(11)15(20)18(14)9-10-5-1-4-8-13(10)17-16(21)22/h1-8H,9H2,(H2,17,21,22). The summed E-state index contributed by atoms with van der Waals surface area (Å²) < 4.78 is 0.329. The zero-order valence-corrected chi connectivity index (χ0v) is 13.2. The van der Waals surface area contributed by atoms with E-state index in [1.54, 1.807) is 24.3 Å². The lowest BCUT2D eigenvalue weighted by Crippen LogP contribution is -2.29. The Bertz CT molecular complexity index is 754. The van der Waals surface area contributed by atoms with Gasteiger partial charge in [-0.1, -0.05) is 42.5 Å². The lowest BCUT2D eigenvalue weighted by Gasteiger charge is -2.17. The van der Waals surface area contributed by atoms with E-state index in [0.717, 1.165) is 11.3 Å². The maximum Gasteiger partial charge on any atom is 0.261 e. The number of hydrogen-bond acceptors (Lipinski definition) is 3. The summed E-state index contributed by atoms with van der Waals surface area (Å²) in [5, 5.41) is 2.94. The molecule has 1 aliphatic heterocycles. The predicted octanol–water partition coefficient (Wildman–Crippen LogP) is 3.11. The molecule has 1 N–H and O–H groups in total. The normalized spacial score (nSPS) is 13.2. The molecular weight excluding hydrogens is 316 g/mol. The molecule has 0 fully saturated rings. The van der Waals surface area contributed by atoms with Gasteiger partial charge in [-0.15, -0.1) is 12.6 Å². The van der Waals surface area contributed by atoms with Crippen LogP contribution in [0.3, 0.4) is 0 Å². The molecular formula is C16H12N2O2S2. The lowest BCUT2D eigenvalue weighted by atomic mass is 10.1. The monoisotopic (exact) mass is 328 g/mol. The average Bonchev–Trinajstić information content (AvgIpc) is 2.74. The van der Waals surface area contributed by atoms with Crippen molar-refractivity contribution in [3.8, 4) is 0 Å². The average molecular weight is 328 g/mol. The number of fused-ring (bicyclic) bond motifs is 1. The molecule has 0 bridgehead atoms. The van der Waals surface area contributed by atoms with E-state index in [9.17, 15) is 9.59 Å². The number of nitrogens with zero attached hydrogens (tertiary/aromatic N) is 1. The van der Waals surface area contributed by atoms with Crippen LogP contribution in [-0.2, 0) is 6.54 Å². The highest BCUT2D eigenvalue weighted by molar-refractivity contribution is 8.11. The first-order chi connectivity index (χ1) is 10.6. The van der Waals surface area contributed by atoms with Crippen molar-refractivity contribution in [1.29, 1.82) is 0 Å². The zero-order chi connectivity index (χ0) is 15.7. The van der Waals surface area contributed by atoms with E-state index in [1.807, 2.05) is 24.3 Å². The van der Waals surface area contributed by atoms with Crippen molar-refractivity contribution in [1.82, 2.24) is 4.90 Å². The highest BCUT2D eigenvalue weighted by Crippen LogP contribution is 2.26. The summed E-state index contributed by atoms with van der Waals surface area (Å²) in [5.41, 5.74) is 2.43. The highest BCUT2D eigenvalue weighted by Gasteiger charge is 2.35. The molecule has 3 rings (SSSR count). The van der Waals surface area contributed by atoms with E-state index in [2.05, 4.69) is 17.9 Å². The lowest BCUT2D eigenvalue weighted by molar-refractivity contribution is 0.0642. The molecule has 0 saturated heterocycles. The molecule has 2 amide bonds. The number of rotatable bonds is 3. The first-order valence-corrected chi connectivity index (χ1v) is 7.46. The number of nitrogens with one attached hydrogen (secondary N) is 1. The van der Waals surface area contributed by atoms with E-state index in [4.69, 9.17) is 12.2 Å². The number of carbonyl (C=O) groups excluding carboxylic acids is 2. The number of anilines is 1. The van der Waals surface area contributed by atoms with Crippen LogP contribution < -0.4 is 5.32 Å². The Hall–Kier alpha value is -2.18. The van der Waals surface area contributed by atoms with Crippen LogP contribution in [0.2, 0.25) is 0 Å². The van der Waals surface area contributed by atoms with Crippen LogP contribution in [-0.4, -0.2) is 21.0 Å². The third-order valence-electron chi connectivity index (χ3n) is 3.47. The van der Waals surface area contributed by atoms with Gasteiger partial charge in [-0.2, -0.15) is 0 Å². The highest BCUT2D eigenvalue weighted by atomic mass is 32.1. The molecule has 6 heteroatoms. The molecule has 0 aliphatic carbocycles. The van der Waals surface area contributed by atoms with Crippen molar-refractivity contribution in [2.45, 2.75) is 6.54 Å². The Labute approximate surface area is 138 Å². The third kappa shape index (κ3) is 2.63. The molecule has 110 valence electrons. The minimum Gasteiger partial charge on any atom is -0.341 e. The van der Waals surface area contributed by atoms with Crippen LogP contribution in [0, 0.1) is 0 Å². The van der Waals surface area contributed by atoms with Crippen molar-refractivity contribution in [2.24, 2.45) is 0 Å². The van der Waals surface area contributed by atoms with Gasteiger partial charge in [0.2, 0.25) is 0 Å². The number of thiocarbonyl (C=S) groups is 1. The molecule has 0 radical (unpaired) electrons. The Balaban J connectivity index is 1.91. The quantitative estimate of drug-likeness (QED) is 0.516. The molecule has 0 saturated carbocycles. The van der Waals surface area contributed by atoms with Gasteiger partial charge in [-0.05, 0) is 23.8 Å². The largest absolute Gasteiger partial charge is 0.341 e.